The van der Waals surface area contributed by atoms with Crippen molar-refractivity contribution >= 4 is 17.4 Å². The minimum absolute atomic E-state index is 0.0359. The van der Waals surface area contributed by atoms with Crippen molar-refractivity contribution < 1.29 is 9.18 Å². The molecule has 1 N–H and O–H groups in total. The average molecular weight is 344 g/mol. The molecule has 0 amide bonds. The molecule has 2 aromatic carbocycles. The molecule has 3 aromatic rings. The monoisotopic (exact) mass is 343 g/mol. The van der Waals surface area contributed by atoms with E-state index in [2.05, 4.69) is 0 Å². The Morgan fingerprint density at radius 1 is 1.21 bits per heavy atom. The minimum Gasteiger partial charge on any atom is -0.314 e. The van der Waals surface area contributed by atoms with Crippen LogP contribution in [-0.2, 0) is 13.6 Å². The number of hydrogen-bond acceptors (Lipinski definition) is 2. The fourth-order valence-corrected chi connectivity index (χ4v) is 2.71. The van der Waals surface area contributed by atoms with Crippen molar-refractivity contribution in [2.45, 2.75) is 6.54 Å². The summed E-state index contributed by atoms with van der Waals surface area (Å²) in [5, 5.41) is 8.68. The molecule has 6 heteroatoms. The van der Waals surface area contributed by atoms with E-state index >= 15 is 0 Å². The Morgan fingerprint density at radius 3 is 2.58 bits per heavy atom. The topological polar surface area (TPSA) is 50.8 Å². The maximum Gasteiger partial charge on any atom is 0.202 e. The van der Waals surface area contributed by atoms with Crippen LogP contribution in [0.2, 0.25) is 5.02 Å². The van der Waals surface area contributed by atoms with Gasteiger partial charge >= 0.3 is 0 Å². The maximum atomic E-state index is 13.1. The molecule has 24 heavy (non-hydrogen) atoms. The maximum absolute atomic E-state index is 13.1. The van der Waals surface area contributed by atoms with Gasteiger partial charge in [0.1, 0.15) is 5.82 Å². The fourth-order valence-electron chi connectivity index (χ4n) is 2.52. The summed E-state index contributed by atoms with van der Waals surface area (Å²) >= 11 is 5.91. The van der Waals surface area contributed by atoms with Crippen molar-refractivity contribution in [2.24, 2.45) is 7.05 Å². The number of rotatable bonds is 4. The second-order valence-electron chi connectivity index (χ2n) is 5.47. The number of benzene rings is 2. The number of aromatic nitrogens is 2. The number of halogens is 2. The first-order valence-corrected chi connectivity index (χ1v) is 7.69. The second-order valence-corrected chi connectivity index (χ2v) is 5.90. The van der Waals surface area contributed by atoms with Crippen LogP contribution in [0.1, 0.15) is 10.4 Å². The van der Waals surface area contributed by atoms with E-state index in [1.165, 1.54) is 12.1 Å². The number of carbonyl (C=O) groups is 1. The molecule has 0 spiro atoms. The molecule has 0 fully saturated rings. The summed E-state index contributed by atoms with van der Waals surface area (Å²) < 4.78 is 16.3. The molecule has 0 unspecified atom stereocenters. The van der Waals surface area contributed by atoms with Gasteiger partial charge in [0, 0.05) is 23.8 Å². The first-order chi connectivity index (χ1) is 11.5. The summed E-state index contributed by atoms with van der Waals surface area (Å²) in [5.74, 6) is -0.449. The Bertz CT molecular complexity index is 957. The Balaban J connectivity index is 1.92. The molecule has 4 nitrogen and oxygen atoms in total. The average Bonchev–Trinajstić information content (AvgIpc) is 2.84. The Labute approximate surface area is 143 Å². The Hall–Kier alpha value is -2.66. The van der Waals surface area contributed by atoms with Gasteiger partial charge in [-0.1, -0.05) is 23.7 Å². The zero-order chi connectivity index (χ0) is 17.3. The molecule has 0 atom stereocenters. The molecule has 0 saturated carbocycles. The SMILES string of the molecule is Cn1c(-c2ccc(F)cc2)cn(CC(=O)c2cccc(Cl)c2)c1=N. The molecule has 0 bridgehead atoms. The van der Waals surface area contributed by atoms with Crippen LogP contribution in [-0.4, -0.2) is 14.9 Å². The zero-order valence-corrected chi connectivity index (χ0v) is 13.7. The lowest BCUT2D eigenvalue weighted by atomic mass is 10.1. The molecular weight excluding hydrogens is 329 g/mol. The van der Waals surface area contributed by atoms with E-state index in [0.717, 1.165) is 11.3 Å². The summed E-state index contributed by atoms with van der Waals surface area (Å²) in [6.07, 6.45) is 1.72. The predicted octanol–water partition coefficient (Wildman–Crippen LogP) is 3.65. The van der Waals surface area contributed by atoms with Gasteiger partial charge in [0.15, 0.2) is 5.78 Å². The summed E-state index contributed by atoms with van der Waals surface area (Å²) in [6.45, 7) is 0.0359. The van der Waals surface area contributed by atoms with E-state index in [1.54, 1.807) is 58.8 Å². The third-order valence-corrected chi connectivity index (χ3v) is 4.06. The van der Waals surface area contributed by atoms with Gasteiger partial charge in [-0.05, 0) is 42.0 Å². The second kappa shape index (κ2) is 6.45. The summed E-state index contributed by atoms with van der Waals surface area (Å²) in [6, 6.07) is 12.8. The van der Waals surface area contributed by atoms with Gasteiger partial charge in [0.05, 0.1) is 12.2 Å². The lowest BCUT2D eigenvalue weighted by Gasteiger charge is -2.02. The van der Waals surface area contributed by atoms with Crippen LogP contribution in [0, 0.1) is 11.2 Å². The highest BCUT2D eigenvalue weighted by atomic mass is 35.5. The van der Waals surface area contributed by atoms with Gasteiger partial charge in [0.2, 0.25) is 5.62 Å². The molecule has 0 aliphatic rings. The van der Waals surface area contributed by atoms with Gasteiger partial charge < -0.3 is 9.13 Å². The first-order valence-electron chi connectivity index (χ1n) is 7.31. The molecular formula is C18H15ClFN3O. The van der Waals surface area contributed by atoms with Crippen molar-refractivity contribution in [3.8, 4) is 11.3 Å². The molecule has 122 valence electrons. The lowest BCUT2D eigenvalue weighted by molar-refractivity contribution is 0.0970. The van der Waals surface area contributed by atoms with Crippen LogP contribution in [0.5, 0.6) is 0 Å². The highest BCUT2D eigenvalue weighted by molar-refractivity contribution is 6.31. The third kappa shape index (κ3) is 3.16. The van der Waals surface area contributed by atoms with E-state index in [-0.39, 0.29) is 23.8 Å². The fraction of sp³-hybridized carbons (Fsp3) is 0.111. The molecule has 0 aliphatic carbocycles. The molecule has 0 radical (unpaired) electrons. The van der Waals surface area contributed by atoms with E-state index in [0.29, 0.717) is 10.6 Å². The molecule has 3 rings (SSSR count). The number of nitrogens with zero attached hydrogens (tertiary/aromatic N) is 2. The number of nitrogens with one attached hydrogen (secondary N) is 1. The van der Waals surface area contributed by atoms with Gasteiger partial charge in [-0.3, -0.25) is 10.2 Å². The zero-order valence-electron chi connectivity index (χ0n) is 13.0. The van der Waals surface area contributed by atoms with Gasteiger partial charge in [-0.2, -0.15) is 0 Å². The third-order valence-electron chi connectivity index (χ3n) is 3.83. The first kappa shape index (κ1) is 16.2. The smallest absolute Gasteiger partial charge is 0.202 e. The van der Waals surface area contributed by atoms with E-state index in [1.807, 2.05) is 0 Å². The van der Waals surface area contributed by atoms with Gasteiger partial charge in [0.25, 0.3) is 0 Å². The van der Waals surface area contributed by atoms with Crippen molar-refractivity contribution in [3.63, 3.8) is 0 Å². The summed E-state index contributed by atoms with van der Waals surface area (Å²) in [7, 11) is 1.74. The number of imidazole rings is 1. The van der Waals surface area contributed by atoms with Crippen LogP contribution in [0.4, 0.5) is 4.39 Å². The molecule has 0 saturated heterocycles. The standard InChI is InChI=1S/C18H15ClFN3O/c1-22-16(12-5-7-15(20)8-6-12)10-23(18(22)21)11-17(24)13-3-2-4-14(19)9-13/h2-10,21H,11H2,1H3. The minimum atomic E-state index is -0.317. The van der Waals surface area contributed by atoms with Gasteiger partial charge in [-0.25, -0.2) is 4.39 Å². The van der Waals surface area contributed by atoms with Crippen molar-refractivity contribution in [1.29, 1.82) is 5.41 Å². The normalized spacial score (nSPS) is 10.8. The van der Waals surface area contributed by atoms with Crippen LogP contribution < -0.4 is 5.62 Å². The van der Waals surface area contributed by atoms with Crippen LogP contribution in [0.3, 0.4) is 0 Å². The van der Waals surface area contributed by atoms with Crippen molar-refractivity contribution in [3.05, 3.63) is 76.7 Å². The largest absolute Gasteiger partial charge is 0.314 e. The van der Waals surface area contributed by atoms with E-state index < -0.39 is 0 Å². The highest BCUT2D eigenvalue weighted by Crippen LogP contribution is 2.18. The predicted molar refractivity (Wildman–Crippen MR) is 90.4 cm³/mol. The van der Waals surface area contributed by atoms with Crippen LogP contribution >= 0.6 is 11.6 Å². The molecule has 1 heterocycles. The summed E-state index contributed by atoms with van der Waals surface area (Å²) in [4.78, 5) is 12.4. The van der Waals surface area contributed by atoms with E-state index in [9.17, 15) is 9.18 Å². The Kier molecular flexibility index (Phi) is 4.36. The van der Waals surface area contributed by atoms with Crippen LogP contribution in [0.25, 0.3) is 11.3 Å². The van der Waals surface area contributed by atoms with Gasteiger partial charge in [-0.15, -0.1) is 0 Å². The van der Waals surface area contributed by atoms with Crippen LogP contribution in [0.15, 0.2) is 54.7 Å². The Morgan fingerprint density at radius 2 is 1.92 bits per heavy atom. The summed E-state index contributed by atoms with van der Waals surface area (Å²) in [5.41, 5.74) is 2.20. The van der Waals surface area contributed by atoms with E-state index in [4.69, 9.17) is 17.0 Å². The number of hydrogen-bond donors (Lipinski definition) is 1. The molecule has 1 aromatic heterocycles. The number of ketones is 1. The van der Waals surface area contributed by atoms with Crippen molar-refractivity contribution in [2.75, 3.05) is 0 Å². The molecule has 0 aliphatic heterocycles. The quantitative estimate of drug-likeness (QED) is 0.722. The number of Topliss-reactive ketones (excluding diaryl/α,β-unsaturated/α-hetero) is 1. The highest BCUT2D eigenvalue weighted by Gasteiger charge is 2.12. The van der Waals surface area contributed by atoms with Crippen molar-refractivity contribution in [1.82, 2.24) is 9.13 Å². The lowest BCUT2D eigenvalue weighted by Crippen LogP contribution is -2.25. The number of carbonyl (C=O) groups excluding carboxylic acids is 1.